The zero-order valence-electron chi connectivity index (χ0n) is 12.3. The lowest BCUT2D eigenvalue weighted by atomic mass is 10.1. The first-order chi connectivity index (χ1) is 10.3. The SMILES string of the molecule is CCCCC(CN)NC(=O)c1ccc(S(=O)(=O)C(F)F)cc1. The number of unbranched alkanes of at least 4 members (excludes halogenated alkanes) is 1. The summed E-state index contributed by atoms with van der Waals surface area (Å²) >= 11 is 0. The Hall–Kier alpha value is -1.54. The van der Waals surface area contributed by atoms with Gasteiger partial charge in [-0.2, -0.15) is 8.78 Å². The van der Waals surface area contributed by atoms with E-state index in [1.165, 1.54) is 12.1 Å². The minimum absolute atomic E-state index is 0.170. The van der Waals surface area contributed by atoms with Crippen molar-refractivity contribution in [2.24, 2.45) is 5.73 Å². The predicted molar refractivity (Wildman–Crippen MR) is 79.5 cm³/mol. The molecule has 0 bridgehead atoms. The number of nitrogens with two attached hydrogens (primary N) is 1. The molecule has 1 rings (SSSR count). The first-order valence-corrected chi connectivity index (χ1v) is 8.50. The number of amides is 1. The van der Waals surface area contributed by atoms with Crippen molar-refractivity contribution < 1.29 is 22.0 Å². The van der Waals surface area contributed by atoms with Crippen molar-refractivity contribution in [3.05, 3.63) is 29.8 Å². The van der Waals surface area contributed by atoms with Crippen LogP contribution in [0, 0.1) is 0 Å². The molecule has 1 atom stereocenters. The molecule has 0 aliphatic heterocycles. The number of nitrogens with one attached hydrogen (secondary N) is 1. The van der Waals surface area contributed by atoms with Crippen molar-refractivity contribution in [1.82, 2.24) is 5.32 Å². The van der Waals surface area contributed by atoms with Crippen LogP contribution in [0.4, 0.5) is 8.78 Å². The van der Waals surface area contributed by atoms with E-state index in [9.17, 15) is 22.0 Å². The molecule has 0 saturated carbocycles. The van der Waals surface area contributed by atoms with Gasteiger partial charge >= 0.3 is 5.76 Å². The van der Waals surface area contributed by atoms with Crippen LogP contribution >= 0.6 is 0 Å². The fourth-order valence-corrected chi connectivity index (χ4v) is 2.59. The molecule has 8 heteroatoms. The monoisotopic (exact) mass is 334 g/mol. The van der Waals surface area contributed by atoms with E-state index >= 15 is 0 Å². The van der Waals surface area contributed by atoms with Gasteiger partial charge in [0.05, 0.1) is 4.90 Å². The molecule has 1 amide bonds. The average Bonchev–Trinajstić information content (AvgIpc) is 2.51. The maximum absolute atomic E-state index is 12.4. The minimum Gasteiger partial charge on any atom is -0.348 e. The van der Waals surface area contributed by atoms with Crippen molar-refractivity contribution in [2.45, 2.75) is 42.9 Å². The van der Waals surface area contributed by atoms with Crippen LogP contribution < -0.4 is 11.1 Å². The van der Waals surface area contributed by atoms with Gasteiger partial charge in [-0.1, -0.05) is 19.8 Å². The second-order valence-electron chi connectivity index (χ2n) is 4.88. The second kappa shape index (κ2) is 8.19. The molecule has 0 fully saturated rings. The molecule has 0 aromatic heterocycles. The number of carbonyl (C=O) groups excluding carboxylic acids is 1. The lowest BCUT2D eigenvalue weighted by Gasteiger charge is -2.16. The number of hydrogen-bond acceptors (Lipinski definition) is 4. The molecule has 3 N–H and O–H groups in total. The van der Waals surface area contributed by atoms with E-state index in [0.717, 1.165) is 31.4 Å². The maximum Gasteiger partial charge on any atom is 0.341 e. The highest BCUT2D eigenvalue weighted by Gasteiger charge is 2.26. The topological polar surface area (TPSA) is 89.3 Å². The smallest absolute Gasteiger partial charge is 0.341 e. The number of rotatable bonds is 8. The molecule has 1 unspecified atom stereocenters. The number of halogens is 2. The molecule has 0 aliphatic carbocycles. The first-order valence-electron chi connectivity index (χ1n) is 6.96. The number of sulfone groups is 1. The average molecular weight is 334 g/mol. The summed E-state index contributed by atoms with van der Waals surface area (Å²) in [4.78, 5) is 11.5. The predicted octanol–water partition coefficient (Wildman–Crippen LogP) is 1.93. The molecule has 1 aromatic rings. The quantitative estimate of drug-likeness (QED) is 0.760. The number of carbonyl (C=O) groups is 1. The number of benzene rings is 1. The Labute approximate surface area is 128 Å². The minimum atomic E-state index is -4.64. The molecule has 0 aliphatic rings. The van der Waals surface area contributed by atoms with Crippen molar-refractivity contribution in [3.8, 4) is 0 Å². The van der Waals surface area contributed by atoms with Gasteiger partial charge in [-0.15, -0.1) is 0 Å². The van der Waals surface area contributed by atoms with Gasteiger partial charge in [0.15, 0.2) is 0 Å². The normalized spacial score (nSPS) is 13.1. The molecular formula is C14H20F2N2O3S. The third-order valence-electron chi connectivity index (χ3n) is 3.21. The van der Waals surface area contributed by atoms with Gasteiger partial charge in [0.25, 0.3) is 5.91 Å². The zero-order valence-corrected chi connectivity index (χ0v) is 13.1. The van der Waals surface area contributed by atoms with Gasteiger partial charge in [0.1, 0.15) is 0 Å². The molecule has 5 nitrogen and oxygen atoms in total. The van der Waals surface area contributed by atoms with Gasteiger partial charge in [-0.05, 0) is 30.7 Å². The van der Waals surface area contributed by atoms with Gasteiger partial charge in [0.2, 0.25) is 9.84 Å². The molecule has 124 valence electrons. The summed E-state index contributed by atoms with van der Waals surface area (Å²) in [6, 6.07) is 4.24. The molecule has 1 aromatic carbocycles. The number of hydrogen-bond donors (Lipinski definition) is 2. The van der Waals surface area contributed by atoms with Crippen molar-refractivity contribution in [2.75, 3.05) is 6.54 Å². The Kier molecular flexibility index (Phi) is 6.89. The van der Waals surface area contributed by atoms with Crippen LogP contribution in [0.5, 0.6) is 0 Å². The van der Waals surface area contributed by atoms with Gasteiger partial charge in [-0.3, -0.25) is 4.79 Å². The summed E-state index contributed by atoms with van der Waals surface area (Å²) in [5.74, 6) is -3.89. The summed E-state index contributed by atoms with van der Waals surface area (Å²) in [6.45, 7) is 2.32. The Balaban J connectivity index is 2.80. The van der Waals surface area contributed by atoms with Crippen LogP contribution in [0.1, 0.15) is 36.5 Å². The van der Waals surface area contributed by atoms with Crippen LogP contribution in [0.3, 0.4) is 0 Å². The van der Waals surface area contributed by atoms with Crippen LogP contribution in [-0.2, 0) is 9.84 Å². The zero-order chi connectivity index (χ0) is 16.8. The Bertz CT molecular complexity index is 589. The Morgan fingerprint density at radius 1 is 1.27 bits per heavy atom. The van der Waals surface area contributed by atoms with E-state index in [1.54, 1.807) is 0 Å². The third-order valence-corrected chi connectivity index (χ3v) is 4.60. The van der Waals surface area contributed by atoms with Gasteiger partial charge in [-0.25, -0.2) is 8.42 Å². The van der Waals surface area contributed by atoms with Crippen molar-refractivity contribution in [1.29, 1.82) is 0 Å². The van der Waals surface area contributed by atoms with E-state index in [2.05, 4.69) is 5.32 Å². The van der Waals surface area contributed by atoms with E-state index in [-0.39, 0.29) is 11.6 Å². The molecule has 22 heavy (non-hydrogen) atoms. The summed E-state index contributed by atoms with van der Waals surface area (Å²) in [6.07, 6.45) is 2.65. The fourth-order valence-electron chi connectivity index (χ4n) is 1.87. The van der Waals surface area contributed by atoms with Gasteiger partial charge in [0, 0.05) is 18.2 Å². The molecule has 0 spiro atoms. The van der Waals surface area contributed by atoms with Crippen molar-refractivity contribution in [3.63, 3.8) is 0 Å². The summed E-state index contributed by atoms with van der Waals surface area (Å²) in [5.41, 5.74) is 5.77. The molecule has 0 heterocycles. The fraction of sp³-hybridized carbons (Fsp3) is 0.500. The maximum atomic E-state index is 12.4. The Morgan fingerprint density at radius 3 is 2.32 bits per heavy atom. The number of alkyl halides is 2. The molecular weight excluding hydrogens is 314 g/mol. The van der Waals surface area contributed by atoms with Gasteiger partial charge < -0.3 is 11.1 Å². The van der Waals surface area contributed by atoms with Crippen LogP contribution in [0.25, 0.3) is 0 Å². The van der Waals surface area contributed by atoms with E-state index < -0.39 is 26.4 Å². The second-order valence-corrected chi connectivity index (χ2v) is 6.80. The standard InChI is InChI=1S/C14H20F2N2O3S/c1-2-3-4-11(9-17)18-13(19)10-5-7-12(8-6-10)22(20,21)14(15)16/h5-8,11,14H,2-4,9,17H2,1H3,(H,18,19). The highest BCUT2D eigenvalue weighted by molar-refractivity contribution is 7.91. The van der Waals surface area contributed by atoms with Crippen LogP contribution in [0.15, 0.2) is 29.2 Å². The summed E-state index contributed by atoms with van der Waals surface area (Å²) in [5, 5.41) is 2.74. The van der Waals surface area contributed by atoms with E-state index in [4.69, 9.17) is 5.73 Å². The third kappa shape index (κ3) is 4.74. The van der Waals surface area contributed by atoms with Crippen molar-refractivity contribution >= 4 is 15.7 Å². The molecule has 0 saturated heterocycles. The largest absolute Gasteiger partial charge is 0.348 e. The first kappa shape index (κ1) is 18.5. The van der Waals surface area contributed by atoms with Crippen LogP contribution in [-0.4, -0.2) is 32.7 Å². The summed E-state index contributed by atoms with van der Waals surface area (Å²) in [7, 11) is -4.64. The summed E-state index contributed by atoms with van der Waals surface area (Å²) < 4.78 is 47.4. The van der Waals surface area contributed by atoms with Crippen LogP contribution in [0.2, 0.25) is 0 Å². The lowest BCUT2D eigenvalue weighted by Crippen LogP contribution is -2.40. The van der Waals surface area contributed by atoms with E-state index in [1.807, 2.05) is 6.92 Å². The highest BCUT2D eigenvalue weighted by Crippen LogP contribution is 2.18. The molecule has 0 radical (unpaired) electrons. The lowest BCUT2D eigenvalue weighted by molar-refractivity contribution is 0.0935. The van der Waals surface area contributed by atoms with E-state index in [0.29, 0.717) is 6.54 Å². The Morgan fingerprint density at radius 2 is 1.86 bits per heavy atom. The highest BCUT2D eigenvalue weighted by atomic mass is 32.2.